The van der Waals surface area contributed by atoms with Gasteiger partial charge in [0.25, 0.3) is 0 Å². The SMILES string of the molecule is CCC1=C[C@H]2CN(C1)Cc1c([nH]c3ccc(SCCCCO)cc13)[C@@](C(=O)OC)(C1C=C3C(=CC1OC)N(C)[C@H]1[C@@](O)(C(=O)OC)[C@H](OC(C)=O)C4[C@@H](CC)CCN5CC[C@]31[C@H]45)C2. The monoisotopic (exact) mass is 886 g/mol. The zero-order chi connectivity index (χ0) is 44.6. The van der Waals surface area contributed by atoms with Crippen LogP contribution in [0.4, 0.5) is 0 Å². The number of nitrogens with zero attached hydrogens (tertiary/aromatic N) is 3. The molecule has 4 unspecified atom stereocenters. The van der Waals surface area contributed by atoms with Crippen molar-refractivity contribution >= 4 is 40.6 Å². The molecule has 12 atom stereocenters. The molecule has 2 aliphatic carbocycles. The van der Waals surface area contributed by atoms with Crippen LogP contribution in [0.1, 0.15) is 77.0 Å². The van der Waals surface area contributed by atoms with Gasteiger partial charge >= 0.3 is 17.9 Å². The van der Waals surface area contributed by atoms with Gasteiger partial charge in [-0.25, -0.2) is 4.79 Å². The van der Waals surface area contributed by atoms with E-state index < -0.39 is 52.5 Å². The highest BCUT2D eigenvalue weighted by Gasteiger charge is 2.79. The van der Waals surface area contributed by atoms with Crippen molar-refractivity contribution in [2.45, 2.75) is 112 Å². The molecule has 7 aliphatic rings. The lowest BCUT2D eigenvalue weighted by Crippen LogP contribution is -2.77. The Balaban J connectivity index is 1.29. The van der Waals surface area contributed by atoms with E-state index in [1.807, 2.05) is 11.9 Å². The number of aliphatic hydroxyl groups excluding tert-OH is 1. The van der Waals surface area contributed by atoms with Crippen molar-refractivity contribution < 1.29 is 43.5 Å². The number of aromatic nitrogens is 1. The van der Waals surface area contributed by atoms with Crippen LogP contribution in [0, 0.1) is 29.1 Å². The maximum Gasteiger partial charge on any atom is 0.344 e. The minimum Gasteiger partial charge on any atom is -0.468 e. The largest absolute Gasteiger partial charge is 0.468 e. The lowest BCUT2D eigenvalue weighted by Gasteiger charge is -2.61. The Hall–Kier alpha value is -3.66. The van der Waals surface area contributed by atoms with Gasteiger partial charge in [-0.3, -0.25) is 19.4 Å². The fourth-order valence-electron chi connectivity index (χ4n) is 14.0. The molecule has 2 aromatic rings. The van der Waals surface area contributed by atoms with E-state index in [4.69, 9.17) is 18.9 Å². The van der Waals surface area contributed by atoms with Gasteiger partial charge in [-0.15, -0.1) is 11.8 Å². The molecular formula is C49H66N4O9S. The second kappa shape index (κ2) is 17.0. The lowest BCUT2D eigenvalue weighted by atomic mass is 9.50. The first-order chi connectivity index (χ1) is 30.3. The zero-order valence-corrected chi connectivity index (χ0v) is 38.8. The summed E-state index contributed by atoms with van der Waals surface area (Å²) in [6, 6.07) is 5.51. The first-order valence-electron chi connectivity index (χ1n) is 23.2. The fourth-order valence-corrected chi connectivity index (χ4v) is 15.0. The summed E-state index contributed by atoms with van der Waals surface area (Å²) in [6.07, 6.45) is 10.4. The number of likely N-dealkylation sites (N-methyl/N-ethyl adjacent to an activating group) is 1. The Bertz CT molecular complexity index is 2240. The molecule has 13 nitrogen and oxygen atoms in total. The number of piperidine rings is 1. The van der Waals surface area contributed by atoms with Crippen molar-refractivity contribution in [3.63, 3.8) is 0 Å². The van der Waals surface area contributed by atoms with Gasteiger partial charge in [-0.1, -0.05) is 38.0 Å². The van der Waals surface area contributed by atoms with Crippen LogP contribution in [0.25, 0.3) is 10.9 Å². The summed E-state index contributed by atoms with van der Waals surface area (Å²) in [5, 5.41) is 23.8. The highest BCUT2D eigenvalue weighted by atomic mass is 32.2. The molecule has 342 valence electrons. The highest BCUT2D eigenvalue weighted by Crippen LogP contribution is 2.68. The molecule has 4 fully saturated rings. The van der Waals surface area contributed by atoms with Crippen LogP contribution in [0.15, 0.2) is 58.2 Å². The summed E-state index contributed by atoms with van der Waals surface area (Å²) >= 11 is 1.78. The van der Waals surface area contributed by atoms with E-state index in [2.05, 4.69) is 65.1 Å². The summed E-state index contributed by atoms with van der Waals surface area (Å²) in [4.78, 5) is 54.9. The number of H-pyrrole nitrogens is 1. The first-order valence-corrected chi connectivity index (χ1v) is 24.2. The molecule has 1 aromatic heterocycles. The molecule has 1 saturated carbocycles. The molecule has 1 aromatic carbocycles. The molecule has 0 radical (unpaired) electrons. The van der Waals surface area contributed by atoms with Gasteiger partial charge in [0.1, 0.15) is 11.5 Å². The maximum absolute atomic E-state index is 15.4. The van der Waals surface area contributed by atoms with Crippen LogP contribution in [0.5, 0.6) is 0 Å². The zero-order valence-electron chi connectivity index (χ0n) is 38.0. The number of rotatable bonds is 12. The average molecular weight is 887 g/mol. The summed E-state index contributed by atoms with van der Waals surface area (Å²) in [5.74, 6) is -1.62. The van der Waals surface area contributed by atoms with E-state index >= 15 is 4.79 Å². The summed E-state index contributed by atoms with van der Waals surface area (Å²) in [5.41, 5.74) is 1.82. The predicted octanol–water partition coefficient (Wildman–Crippen LogP) is 5.34. The van der Waals surface area contributed by atoms with Crippen LogP contribution in [0.2, 0.25) is 0 Å². The molecule has 14 heteroatoms. The predicted molar refractivity (Wildman–Crippen MR) is 240 cm³/mol. The number of benzene rings is 1. The van der Waals surface area contributed by atoms with Crippen molar-refractivity contribution in [3.8, 4) is 0 Å². The smallest absolute Gasteiger partial charge is 0.344 e. The minimum absolute atomic E-state index is 0.0436. The van der Waals surface area contributed by atoms with Crippen molar-refractivity contribution in [2.75, 3.05) is 66.9 Å². The number of ether oxygens (including phenoxy) is 4. The van der Waals surface area contributed by atoms with E-state index in [-0.39, 0.29) is 36.4 Å². The number of allylic oxidation sites excluding steroid dienone is 1. The average Bonchev–Trinajstić information content (AvgIpc) is 3.93. The number of nitrogens with one attached hydrogen (secondary N) is 1. The minimum atomic E-state index is -2.21. The summed E-state index contributed by atoms with van der Waals surface area (Å²) < 4.78 is 24.3. The number of hydrogen-bond donors (Lipinski definition) is 3. The fraction of sp³-hybridized carbons (Fsp3) is 0.653. The number of methoxy groups -OCH3 is 3. The Labute approximate surface area is 375 Å². The molecule has 63 heavy (non-hydrogen) atoms. The molecule has 3 saturated heterocycles. The number of aromatic amines is 1. The molecule has 2 bridgehead atoms. The van der Waals surface area contributed by atoms with Crippen molar-refractivity contribution in [2.24, 2.45) is 29.1 Å². The van der Waals surface area contributed by atoms with E-state index in [0.29, 0.717) is 19.4 Å². The molecule has 1 spiro atoms. The molecule has 5 aliphatic heterocycles. The van der Waals surface area contributed by atoms with Gasteiger partial charge in [-0.05, 0) is 105 Å². The van der Waals surface area contributed by atoms with E-state index in [9.17, 15) is 19.8 Å². The Kier molecular flexibility index (Phi) is 12.0. The number of carbonyl (C=O) groups excluding carboxylic acids is 3. The Morgan fingerprint density at radius 1 is 1.02 bits per heavy atom. The number of thioether (sulfide) groups is 1. The summed E-state index contributed by atoms with van der Waals surface area (Å²) in [6.45, 7) is 9.77. The van der Waals surface area contributed by atoms with Gasteiger partial charge in [0.05, 0.1) is 26.4 Å². The van der Waals surface area contributed by atoms with Crippen LogP contribution < -0.4 is 0 Å². The van der Waals surface area contributed by atoms with Crippen molar-refractivity contribution in [1.29, 1.82) is 0 Å². The van der Waals surface area contributed by atoms with E-state index in [0.717, 1.165) is 102 Å². The number of hydrogen-bond acceptors (Lipinski definition) is 13. The summed E-state index contributed by atoms with van der Waals surface area (Å²) in [7, 11) is 6.39. The molecule has 0 amide bonds. The molecule has 3 N–H and O–H groups in total. The van der Waals surface area contributed by atoms with Crippen LogP contribution in [0.3, 0.4) is 0 Å². The number of esters is 3. The number of carbonyl (C=O) groups is 3. The van der Waals surface area contributed by atoms with Crippen LogP contribution >= 0.6 is 11.8 Å². The quantitative estimate of drug-likeness (QED) is 0.0828. The third-order valence-electron chi connectivity index (χ3n) is 16.4. The second-order valence-corrected chi connectivity index (χ2v) is 20.4. The standard InChI is InChI=1S/C49H66N4O9S/c1-8-29-20-30-24-48(45(56)60-6,41-34(27-52(25-29)26-30)33-21-32(12-13-37(33)50-41)63-19-11-10-18-54)36-22-35-38(23-39(36)59-5)51(4)44-47(35)15-17-53-16-14-31(9-2)40(42(47)53)43(62-28(3)55)49(44,58)46(57)61-7/h12-13,20-23,30-31,36,39-40,42-44,50,54,58H,8-11,14-19,24-27H2,1-7H3/t30-,31+,36?,39?,40?,42+,43-,44-,47-,48+,49-/m1/s1. The maximum atomic E-state index is 15.4. The third kappa shape index (κ3) is 6.61. The number of aliphatic hydroxyl groups is 2. The third-order valence-corrected chi connectivity index (χ3v) is 17.4. The van der Waals surface area contributed by atoms with Crippen LogP contribution in [-0.4, -0.2) is 145 Å². The number of likely N-dealkylation sites (tertiary alicyclic amines) is 1. The molecule has 6 heterocycles. The van der Waals surface area contributed by atoms with Gasteiger partial charge in [0.2, 0.25) is 5.60 Å². The normalized spacial score (nSPS) is 36.7. The number of unbranched alkanes of at least 4 members (excludes halogenated alkanes) is 1. The van der Waals surface area contributed by atoms with Gasteiger partial charge < -0.3 is 39.0 Å². The van der Waals surface area contributed by atoms with Crippen molar-refractivity contribution in [1.82, 2.24) is 19.7 Å². The molecule has 9 rings (SSSR count). The highest BCUT2D eigenvalue weighted by molar-refractivity contribution is 7.99. The number of fused-ring (bicyclic) bond motifs is 6. The van der Waals surface area contributed by atoms with Crippen molar-refractivity contribution in [3.05, 3.63) is 64.5 Å². The Morgan fingerprint density at radius 3 is 2.51 bits per heavy atom. The lowest BCUT2D eigenvalue weighted by molar-refractivity contribution is -0.238. The van der Waals surface area contributed by atoms with Gasteiger partial charge in [0.15, 0.2) is 0 Å². The first kappa shape index (κ1) is 44.5. The van der Waals surface area contributed by atoms with Gasteiger partial charge in [-0.2, -0.15) is 0 Å². The molecular weight excluding hydrogens is 821 g/mol. The van der Waals surface area contributed by atoms with Gasteiger partial charge in [0, 0.05) is 97.8 Å². The van der Waals surface area contributed by atoms with E-state index in [1.165, 1.54) is 26.7 Å². The van der Waals surface area contributed by atoms with Crippen LogP contribution in [-0.2, 0) is 45.3 Å². The second-order valence-electron chi connectivity index (χ2n) is 19.3. The van der Waals surface area contributed by atoms with E-state index in [1.54, 1.807) is 18.9 Å². The Morgan fingerprint density at radius 2 is 1.81 bits per heavy atom. The topological polar surface area (TPSA) is 154 Å².